The number of hydrogen-bond acceptors (Lipinski definition) is 2. The maximum atomic E-state index is 6.14. The Bertz CT molecular complexity index is 140. The monoisotopic (exact) mass is 217 g/mol. The fraction of sp³-hybridized carbons (Fsp3) is 1.00. The Morgan fingerprint density at radius 3 is 1.93 bits per heavy atom. The van der Waals surface area contributed by atoms with Gasteiger partial charge in [0.2, 0.25) is 0 Å². The van der Waals surface area contributed by atoms with E-state index in [2.05, 4.69) is 34.6 Å². The van der Waals surface area contributed by atoms with Gasteiger partial charge in [-0.2, -0.15) is 0 Å². The highest BCUT2D eigenvalue weighted by Gasteiger charge is 2.40. The average Bonchev–Trinajstić information content (AvgIpc) is 2.11. The Labute approximate surface area is 90.3 Å². The van der Waals surface area contributed by atoms with Crippen LogP contribution in [0.25, 0.3) is 0 Å². The standard InChI is InChI=1S/C11H27NOSi/c1-6-13-14(10(2)3,11(4)5)9-7-8-12/h10-11H,6-9,12H2,1-5H3. The molecule has 0 aliphatic rings. The van der Waals surface area contributed by atoms with Crippen LogP contribution in [0.3, 0.4) is 0 Å². The van der Waals surface area contributed by atoms with E-state index in [1.54, 1.807) is 0 Å². The van der Waals surface area contributed by atoms with Crippen LogP contribution in [0, 0.1) is 0 Å². The molecular formula is C11H27NOSi. The molecule has 0 aliphatic heterocycles. The molecule has 0 heterocycles. The Morgan fingerprint density at radius 2 is 1.64 bits per heavy atom. The second-order valence-electron chi connectivity index (χ2n) is 4.59. The zero-order valence-electron chi connectivity index (χ0n) is 10.5. The molecule has 0 aromatic rings. The van der Waals surface area contributed by atoms with Gasteiger partial charge >= 0.3 is 0 Å². The topological polar surface area (TPSA) is 35.2 Å². The van der Waals surface area contributed by atoms with Crippen molar-refractivity contribution in [3.63, 3.8) is 0 Å². The van der Waals surface area contributed by atoms with Crippen LogP contribution in [0.1, 0.15) is 41.0 Å². The van der Waals surface area contributed by atoms with E-state index < -0.39 is 8.32 Å². The largest absolute Gasteiger partial charge is 0.417 e. The summed E-state index contributed by atoms with van der Waals surface area (Å²) in [4.78, 5) is 0. The Hall–Kier alpha value is 0.137. The minimum absolute atomic E-state index is 0.689. The maximum Gasteiger partial charge on any atom is 0.197 e. The molecular weight excluding hydrogens is 190 g/mol. The molecule has 0 unspecified atom stereocenters. The second kappa shape index (κ2) is 6.59. The molecule has 86 valence electrons. The molecule has 0 amide bonds. The summed E-state index contributed by atoms with van der Waals surface area (Å²) in [5, 5.41) is 0. The normalized spacial score (nSPS) is 12.9. The predicted octanol–water partition coefficient (Wildman–Crippen LogP) is 3.14. The van der Waals surface area contributed by atoms with Gasteiger partial charge < -0.3 is 10.2 Å². The summed E-state index contributed by atoms with van der Waals surface area (Å²) in [5.74, 6) is 0. The first-order chi connectivity index (χ1) is 6.51. The van der Waals surface area contributed by atoms with Gasteiger partial charge in [-0.1, -0.05) is 27.7 Å². The van der Waals surface area contributed by atoms with Gasteiger partial charge in [0, 0.05) is 6.61 Å². The third-order valence-corrected chi connectivity index (χ3v) is 9.01. The van der Waals surface area contributed by atoms with Gasteiger partial charge in [-0.15, -0.1) is 0 Å². The highest BCUT2D eigenvalue weighted by molar-refractivity contribution is 6.76. The Balaban J connectivity index is 4.56. The van der Waals surface area contributed by atoms with Crippen molar-refractivity contribution >= 4 is 8.32 Å². The molecule has 0 saturated heterocycles. The van der Waals surface area contributed by atoms with Crippen molar-refractivity contribution in [3.8, 4) is 0 Å². The minimum Gasteiger partial charge on any atom is -0.417 e. The van der Waals surface area contributed by atoms with Gasteiger partial charge in [-0.05, 0) is 37.0 Å². The molecule has 0 saturated carbocycles. The van der Waals surface area contributed by atoms with E-state index in [9.17, 15) is 0 Å². The van der Waals surface area contributed by atoms with Crippen LogP contribution in [-0.2, 0) is 4.43 Å². The highest BCUT2D eigenvalue weighted by Crippen LogP contribution is 2.37. The van der Waals surface area contributed by atoms with E-state index in [0.29, 0.717) is 11.1 Å². The molecule has 0 fully saturated rings. The number of rotatable bonds is 7. The third kappa shape index (κ3) is 3.37. The lowest BCUT2D eigenvalue weighted by Crippen LogP contribution is -2.45. The van der Waals surface area contributed by atoms with Gasteiger partial charge in [-0.25, -0.2) is 0 Å². The molecule has 0 aromatic heterocycles. The predicted molar refractivity (Wildman–Crippen MR) is 66.1 cm³/mol. The average molecular weight is 217 g/mol. The van der Waals surface area contributed by atoms with Crippen molar-refractivity contribution < 1.29 is 4.43 Å². The molecule has 0 spiro atoms. The lowest BCUT2D eigenvalue weighted by Gasteiger charge is -2.38. The van der Waals surface area contributed by atoms with Gasteiger partial charge in [0.05, 0.1) is 0 Å². The quantitative estimate of drug-likeness (QED) is 0.665. The molecule has 0 rings (SSSR count). The molecule has 0 atom stereocenters. The first kappa shape index (κ1) is 14.1. The first-order valence-electron chi connectivity index (χ1n) is 5.85. The maximum absolute atomic E-state index is 6.14. The lowest BCUT2D eigenvalue weighted by molar-refractivity contribution is 0.303. The van der Waals surface area contributed by atoms with Crippen LogP contribution in [0.2, 0.25) is 17.1 Å². The van der Waals surface area contributed by atoms with Crippen molar-refractivity contribution in [2.24, 2.45) is 5.73 Å². The van der Waals surface area contributed by atoms with Gasteiger partial charge in [0.15, 0.2) is 8.32 Å². The molecule has 14 heavy (non-hydrogen) atoms. The van der Waals surface area contributed by atoms with Crippen molar-refractivity contribution in [2.75, 3.05) is 13.2 Å². The summed E-state index contributed by atoms with van der Waals surface area (Å²) in [5.41, 5.74) is 6.98. The van der Waals surface area contributed by atoms with Gasteiger partial charge in [-0.3, -0.25) is 0 Å². The smallest absolute Gasteiger partial charge is 0.197 e. The Kier molecular flexibility index (Phi) is 6.65. The first-order valence-corrected chi connectivity index (χ1v) is 8.12. The summed E-state index contributed by atoms with van der Waals surface area (Å²) >= 11 is 0. The number of nitrogens with two attached hydrogens (primary N) is 1. The lowest BCUT2D eigenvalue weighted by atomic mass is 10.5. The van der Waals surface area contributed by atoms with E-state index in [1.165, 1.54) is 6.04 Å². The van der Waals surface area contributed by atoms with Crippen LogP contribution < -0.4 is 5.73 Å². The molecule has 2 nitrogen and oxygen atoms in total. The van der Waals surface area contributed by atoms with Crippen molar-refractivity contribution in [3.05, 3.63) is 0 Å². The fourth-order valence-electron chi connectivity index (χ4n) is 2.30. The zero-order chi connectivity index (χ0) is 11.2. The summed E-state index contributed by atoms with van der Waals surface area (Å²) in [6.45, 7) is 13.0. The van der Waals surface area contributed by atoms with Crippen LogP contribution in [0.15, 0.2) is 0 Å². The third-order valence-electron chi connectivity index (χ3n) is 3.14. The van der Waals surface area contributed by atoms with Gasteiger partial charge in [0.25, 0.3) is 0 Å². The van der Waals surface area contributed by atoms with Crippen LogP contribution >= 0.6 is 0 Å². The van der Waals surface area contributed by atoms with E-state index >= 15 is 0 Å². The molecule has 0 aromatic carbocycles. The molecule has 0 aliphatic carbocycles. The van der Waals surface area contributed by atoms with E-state index in [-0.39, 0.29) is 0 Å². The SMILES string of the molecule is CCO[Si](CCCN)(C(C)C)C(C)C. The van der Waals surface area contributed by atoms with E-state index in [4.69, 9.17) is 10.2 Å². The molecule has 2 N–H and O–H groups in total. The highest BCUT2D eigenvalue weighted by atomic mass is 28.4. The summed E-state index contributed by atoms with van der Waals surface area (Å²) in [6.07, 6.45) is 1.11. The molecule has 3 heteroatoms. The van der Waals surface area contributed by atoms with Crippen LogP contribution in [0.4, 0.5) is 0 Å². The summed E-state index contributed by atoms with van der Waals surface area (Å²) in [7, 11) is -1.55. The van der Waals surface area contributed by atoms with Gasteiger partial charge in [0.1, 0.15) is 0 Å². The summed E-state index contributed by atoms with van der Waals surface area (Å²) in [6, 6.07) is 1.21. The minimum atomic E-state index is -1.55. The van der Waals surface area contributed by atoms with Crippen molar-refractivity contribution in [1.29, 1.82) is 0 Å². The van der Waals surface area contributed by atoms with E-state index in [0.717, 1.165) is 19.6 Å². The second-order valence-corrected chi connectivity index (χ2v) is 9.60. The number of hydrogen-bond donors (Lipinski definition) is 1. The van der Waals surface area contributed by atoms with Crippen LogP contribution in [0.5, 0.6) is 0 Å². The van der Waals surface area contributed by atoms with E-state index in [1.807, 2.05) is 0 Å². The molecule has 0 radical (unpaired) electrons. The molecule has 0 bridgehead atoms. The van der Waals surface area contributed by atoms with Crippen molar-refractivity contribution in [1.82, 2.24) is 0 Å². The van der Waals surface area contributed by atoms with Crippen LogP contribution in [-0.4, -0.2) is 21.5 Å². The fourth-order valence-corrected chi connectivity index (χ4v) is 6.89. The Morgan fingerprint density at radius 1 is 1.14 bits per heavy atom. The van der Waals surface area contributed by atoms with Crippen molar-refractivity contribution in [2.45, 2.75) is 58.2 Å². The summed E-state index contributed by atoms with van der Waals surface area (Å²) < 4.78 is 6.14. The zero-order valence-corrected chi connectivity index (χ0v) is 11.5.